The van der Waals surface area contributed by atoms with E-state index in [2.05, 4.69) is 29.4 Å². The third-order valence-electron chi connectivity index (χ3n) is 7.70. The zero-order valence-electron chi connectivity index (χ0n) is 19.1. The molecule has 7 nitrogen and oxygen atoms in total. The van der Waals surface area contributed by atoms with Crippen LogP contribution in [0.4, 0.5) is 5.69 Å². The fraction of sp³-hybridized carbons (Fsp3) is 0.500. The number of carbonyl (C=O) groups excluding carboxylic acids is 1. The Balaban J connectivity index is 1.16. The van der Waals surface area contributed by atoms with Crippen LogP contribution < -0.4 is 24.4 Å². The van der Waals surface area contributed by atoms with Gasteiger partial charge in [-0.15, -0.1) is 0 Å². The van der Waals surface area contributed by atoms with E-state index in [0.717, 1.165) is 36.3 Å². The van der Waals surface area contributed by atoms with Crippen molar-refractivity contribution < 1.29 is 19.0 Å². The lowest BCUT2D eigenvalue weighted by Gasteiger charge is -2.23. The zero-order chi connectivity index (χ0) is 22.4. The number of para-hydroxylation sites is 1. The number of rotatable bonds is 7. The van der Waals surface area contributed by atoms with E-state index in [-0.39, 0.29) is 12.7 Å². The highest BCUT2D eigenvalue weighted by molar-refractivity contribution is 6.11. The van der Waals surface area contributed by atoms with Crippen molar-refractivity contribution in [2.45, 2.75) is 37.1 Å². The molecular formula is C26H31N3O4. The number of anilines is 1. The Kier molecular flexibility index (Phi) is 5.18. The Morgan fingerprint density at radius 3 is 2.76 bits per heavy atom. The first-order valence-corrected chi connectivity index (χ1v) is 12.1. The second-order valence-electron chi connectivity index (χ2n) is 9.54. The van der Waals surface area contributed by atoms with Crippen molar-refractivity contribution in [2.24, 2.45) is 0 Å². The largest absolute Gasteiger partial charge is 0.491 e. The maximum atomic E-state index is 13.9. The van der Waals surface area contributed by atoms with E-state index in [0.29, 0.717) is 36.4 Å². The van der Waals surface area contributed by atoms with Gasteiger partial charge < -0.3 is 29.3 Å². The molecule has 1 N–H and O–H groups in total. The summed E-state index contributed by atoms with van der Waals surface area (Å²) in [6.45, 7) is 4.35. The summed E-state index contributed by atoms with van der Waals surface area (Å²) in [4.78, 5) is 18.3. The molecule has 2 aromatic carbocycles. The minimum Gasteiger partial charge on any atom is -0.491 e. The van der Waals surface area contributed by atoms with Gasteiger partial charge in [0.2, 0.25) is 12.7 Å². The Bertz CT molecular complexity index is 1070. The van der Waals surface area contributed by atoms with Crippen LogP contribution in [0.15, 0.2) is 36.4 Å². The fourth-order valence-electron chi connectivity index (χ4n) is 5.89. The van der Waals surface area contributed by atoms with Crippen LogP contribution in [0.5, 0.6) is 17.2 Å². The predicted octanol–water partition coefficient (Wildman–Crippen LogP) is 2.90. The summed E-state index contributed by atoms with van der Waals surface area (Å²) in [5.41, 5.74) is 2.08. The summed E-state index contributed by atoms with van der Waals surface area (Å²) in [5, 5.41) is 3.58. The number of carbonyl (C=O) groups is 1. The second kappa shape index (κ2) is 8.22. The average Bonchev–Trinajstić information content (AvgIpc) is 3.59. The molecule has 0 radical (unpaired) electrons. The zero-order valence-corrected chi connectivity index (χ0v) is 19.1. The highest BCUT2D eigenvalue weighted by Gasteiger charge is 2.57. The number of benzene rings is 2. The van der Waals surface area contributed by atoms with Crippen LogP contribution in [-0.4, -0.2) is 63.5 Å². The number of hydrogen-bond donors (Lipinski definition) is 1. The van der Waals surface area contributed by atoms with Crippen molar-refractivity contribution in [3.8, 4) is 17.2 Å². The minimum absolute atomic E-state index is 0.0916. The summed E-state index contributed by atoms with van der Waals surface area (Å²) in [6, 6.07) is 12.6. The van der Waals surface area contributed by atoms with Gasteiger partial charge in [-0.3, -0.25) is 4.79 Å². The van der Waals surface area contributed by atoms with Crippen molar-refractivity contribution in [3.05, 3.63) is 47.5 Å². The van der Waals surface area contributed by atoms with Gasteiger partial charge in [0.15, 0.2) is 11.5 Å². The molecule has 4 aliphatic rings. The molecule has 7 heteroatoms. The van der Waals surface area contributed by atoms with Crippen LogP contribution in [0.1, 0.15) is 36.8 Å². The number of likely N-dealkylation sites (tertiary alicyclic amines) is 1. The lowest BCUT2D eigenvalue weighted by Crippen LogP contribution is -2.43. The van der Waals surface area contributed by atoms with E-state index in [1.165, 1.54) is 25.8 Å². The van der Waals surface area contributed by atoms with Crippen molar-refractivity contribution in [2.75, 3.05) is 51.5 Å². The van der Waals surface area contributed by atoms with E-state index in [4.69, 9.17) is 14.2 Å². The van der Waals surface area contributed by atoms with Gasteiger partial charge >= 0.3 is 0 Å². The normalized spacial score (nSPS) is 25.1. The van der Waals surface area contributed by atoms with Crippen molar-refractivity contribution in [1.29, 1.82) is 0 Å². The topological polar surface area (TPSA) is 63.3 Å². The Hall–Kier alpha value is -2.77. The smallest absolute Gasteiger partial charge is 0.245 e. The molecule has 6 rings (SSSR count). The van der Waals surface area contributed by atoms with Gasteiger partial charge in [-0.2, -0.15) is 0 Å². The standard InChI is InChI=1S/C26H31N3O4/c1-28-12-4-6-18(28)9-11-27-10-5-13-29-21-8-3-2-7-19(21)26(25(29)30)16-31-22-15-24-23(14-20(22)26)32-17-33-24/h2-3,7-8,14-15,18,27H,4-6,9-13,16-17H2,1H3. The molecule has 0 aliphatic carbocycles. The van der Waals surface area contributed by atoms with Crippen LogP contribution in [0, 0.1) is 0 Å². The number of fused-ring (bicyclic) bond motifs is 5. The maximum absolute atomic E-state index is 13.9. The number of nitrogens with one attached hydrogen (secondary N) is 1. The van der Waals surface area contributed by atoms with Gasteiger partial charge in [-0.1, -0.05) is 18.2 Å². The minimum atomic E-state index is -0.812. The Morgan fingerprint density at radius 1 is 1.06 bits per heavy atom. The van der Waals surface area contributed by atoms with Gasteiger partial charge in [0.1, 0.15) is 17.8 Å². The summed E-state index contributed by atoms with van der Waals surface area (Å²) in [5.74, 6) is 2.16. The van der Waals surface area contributed by atoms with Crippen LogP contribution >= 0.6 is 0 Å². The fourth-order valence-corrected chi connectivity index (χ4v) is 5.89. The molecule has 1 fully saturated rings. The van der Waals surface area contributed by atoms with Gasteiger partial charge in [0.05, 0.1) is 0 Å². The van der Waals surface area contributed by atoms with Crippen molar-refractivity contribution in [1.82, 2.24) is 10.2 Å². The second-order valence-corrected chi connectivity index (χ2v) is 9.54. The van der Waals surface area contributed by atoms with E-state index >= 15 is 0 Å². The monoisotopic (exact) mass is 449 g/mol. The van der Waals surface area contributed by atoms with Gasteiger partial charge in [-0.25, -0.2) is 0 Å². The van der Waals surface area contributed by atoms with Crippen LogP contribution in [0.2, 0.25) is 0 Å². The van der Waals surface area contributed by atoms with Gasteiger partial charge in [-0.05, 0) is 70.1 Å². The Labute approximate surface area is 194 Å². The molecule has 1 saturated heterocycles. The average molecular weight is 450 g/mol. The van der Waals surface area contributed by atoms with Crippen molar-refractivity contribution >= 4 is 11.6 Å². The molecule has 1 spiro atoms. The van der Waals surface area contributed by atoms with Gasteiger partial charge in [0.25, 0.3) is 0 Å². The number of hydrogen-bond acceptors (Lipinski definition) is 6. The molecule has 0 bridgehead atoms. The van der Waals surface area contributed by atoms with Crippen LogP contribution in [-0.2, 0) is 10.2 Å². The molecule has 4 aliphatic heterocycles. The highest BCUT2D eigenvalue weighted by atomic mass is 16.7. The van der Waals surface area contributed by atoms with E-state index in [9.17, 15) is 4.79 Å². The number of amides is 1. The molecule has 2 aromatic rings. The van der Waals surface area contributed by atoms with E-state index < -0.39 is 5.41 Å². The predicted molar refractivity (Wildman–Crippen MR) is 125 cm³/mol. The molecule has 33 heavy (non-hydrogen) atoms. The first-order chi connectivity index (χ1) is 16.2. The summed E-state index contributed by atoms with van der Waals surface area (Å²) in [7, 11) is 2.22. The summed E-state index contributed by atoms with van der Waals surface area (Å²) in [6.07, 6.45) is 4.72. The molecule has 174 valence electrons. The SMILES string of the molecule is CN1CCCC1CCNCCCN1C(=O)C2(COc3cc4c(cc32)OCO4)c2ccccc21. The maximum Gasteiger partial charge on any atom is 0.245 e. The third kappa shape index (κ3) is 3.28. The molecular weight excluding hydrogens is 418 g/mol. The van der Waals surface area contributed by atoms with Crippen LogP contribution in [0.3, 0.4) is 0 Å². The summed E-state index contributed by atoms with van der Waals surface area (Å²) < 4.78 is 17.2. The molecule has 4 heterocycles. The quantitative estimate of drug-likeness (QED) is 0.656. The van der Waals surface area contributed by atoms with Crippen molar-refractivity contribution in [3.63, 3.8) is 0 Å². The molecule has 1 amide bonds. The van der Waals surface area contributed by atoms with E-state index in [1.807, 2.05) is 29.2 Å². The highest BCUT2D eigenvalue weighted by Crippen LogP contribution is 2.54. The summed E-state index contributed by atoms with van der Waals surface area (Å²) >= 11 is 0. The molecule has 2 atom stereocenters. The molecule has 0 saturated carbocycles. The first-order valence-electron chi connectivity index (χ1n) is 12.1. The lowest BCUT2D eigenvalue weighted by atomic mass is 9.77. The Morgan fingerprint density at radius 2 is 1.91 bits per heavy atom. The number of ether oxygens (including phenoxy) is 3. The first kappa shape index (κ1) is 20.8. The van der Waals surface area contributed by atoms with Gasteiger partial charge in [0, 0.05) is 29.9 Å². The lowest BCUT2D eigenvalue weighted by molar-refractivity contribution is -0.122. The third-order valence-corrected chi connectivity index (χ3v) is 7.70. The molecule has 2 unspecified atom stereocenters. The van der Waals surface area contributed by atoms with Crippen LogP contribution in [0.25, 0.3) is 0 Å². The van der Waals surface area contributed by atoms with E-state index in [1.54, 1.807) is 0 Å². The number of nitrogens with zero attached hydrogens (tertiary/aromatic N) is 2. The molecule has 0 aromatic heterocycles.